The van der Waals surface area contributed by atoms with Crippen LogP contribution < -0.4 is 4.74 Å². The molecule has 0 aromatic heterocycles. The van der Waals surface area contributed by atoms with Crippen LogP contribution in [0.5, 0.6) is 5.75 Å². The van der Waals surface area contributed by atoms with Crippen LogP contribution in [0, 0.1) is 11.8 Å². The van der Waals surface area contributed by atoms with E-state index in [0.717, 1.165) is 36.5 Å². The number of nitrogens with zero attached hydrogens (tertiary/aromatic N) is 1. The number of carboxylic acids is 1. The lowest BCUT2D eigenvalue weighted by Gasteiger charge is -2.16. The van der Waals surface area contributed by atoms with Gasteiger partial charge in [-0.25, -0.2) is 0 Å². The molecule has 0 radical (unpaired) electrons. The first-order valence-corrected chi connectivity index (χ1v) is 11.8. The van der Waals surface area contributed by atoms with Crippen LogP contribution in [0.15, 0.2) is 78.9 Å². The molecule has 0 saturated carbocycles. The van der Waals surface area contributed by atoms with Crippen molar-refractivity contribution in [2.75, 3.05) is 13.1 Å². The summed E-state index contributed by atoms with van der Waals surface area (Å²) in [6, 6.07) is 27.0. The summed E-state index contributed by atoms with van der Waals surface area (Å²) in [5.41, 5.74) is 4.78. The first kappa shape index (κ1) is 23.6. The fourth-order valence-electron chi connectivity index (χ4n) is 4.54. The molecule has 174 valence electrons. The van der Waals surface area contributed by atoms with Crippen LogP contribution in [0.2, 0.25) is 0 Å². The van der Waals surface area contributed by atoms with E-state index in [1.807, 2.05) is 24.3 Å². The molecular weight excluding hydrogens is 422 g/mol. The Labute approximate surface area is 202 Å². The molecule has 1 fully saturated rings. The number of likely N-dealkylation sites (tertiary alicyclic amines) is 1. The maximum Gasteiger partial charge on any atom is 0.304 e. The topological polar surface area (TPSA) is 49.8 Å². The molecule has 0 bridgehead atoms. The maximum atomic E-state index is 11.1. The first-order chi connectivity index (χ1) is 16.6. The van der Waals surface area contributed by atoms with E-state index in [1.165, 1.54) is 17.5 Å². The molecule has 1 aliphatic rings. The van der Waals surface area contributed by atoms with E-state index in [2.05, 4.69) is 71.3 Å². The number of aliphatic carboxylic acids is 1. The Hall–Kier alpha value is -3.55. The summed E-state index contributed by atoms with van der Waals surface area (Å²) in [5.74, 6) is 6.04. The van der Waals surface area contributed by atoms with Gasteiger partial charge in [-0.15, -0.1) is 5.92 Å². The minimum absolute atomic E-state index is 0.00225. The fraction of sp³-hybridized carbons (Fsp3) is 0.300. The number of hydrogen-bond acceptors (Lipinski definition) is 3. The van der Waals surface area contributed by atoms with E-state index < -0.39 is 5.97 Å². The normalized spacial score (nSPS) is 16.4. The van der Waals surface area contributed by atoms with Crippen LogP contribution in [-0.2, 0) is 17.9 Å². The smallest absolute Gasteiger partial charge is 0.304 e. The monoisotopic (exact) mass is 453 g/mol. The zero-order valence-corrected chi connectivity index (χ0v) is 19.6. The molecule has 0 aliphatic carbocycles. The van der Waals surface area contributed by atoms with Crippen LogP contribution in [0.25, 0.3) is 0 Å². The van der Waals surface area contributed by atoms with Gasteiger partial charge in [0.25, 0.3) is 0 Å². The van der Waals surface area contributed by atoms with Crippen LogP contribution in [0.4, 0.5) is 0 Å². The second-order valence-corrected chi connectivity index (χ2v) is 8.85. The lowest BCUT2D eigenvalue weighted by Crippen LogP contribution is -2.19. The third-order valence-corrected chi connectivity index (χ3v) is 6.36. The Morgan fingerprint density at radius 3 is 2.41 bits per heavy atom. The number of benzene rings is 3. The SMILES string of the molecule is CC#C[C@@H](CC(=O)O)c1ccc(OCc2ccc(CN3CCC(c4ccccc4)C3)cc2)cc1. The quantitative estimate of drug-likeness (QED) is 0.414. The van der Waals surface area contributed by atoms with Crippen molar-refractivity contribution in [3.05, 3.63) is 101 Å². The van der Waals surface area contributed by atoms with Gasteiger partial charge < -0.3 is 9.84 Å². The van der Waals surface area contributed by atoms with E-state index in [-0.39, 0.29) is 12.3 Å². The molecule has 1 N–H and O–H groups in total. The Bertz CT molecular complexity index is 1130. The Balaban J connectivity index is 1.27. The average Bonchev–Trinajstić information content (AvgIpc) is 3.32. The summed E-state index contributed by atoms with van der Waals surface area (Å²) >= 11 is 0. The first-order valence-electron chi connectivity index (χ1n) is 11.8. The van der Waals surface area contributed by atoms with Crippen molar-refractivity contribution in [2.45, 2.75) is 44.8 Å². The molecule has 3 aromatic rings. The van der Waals surface area contributed by atoms with Gasteiger partial charge in [0.1, 0.15) is 12.4 Å². The highest BCUT2D eigenvalue weighted by Gasteiger charge is 2.23. The minimum atomic E-state index is -0.850. The van der Waals surface area contributed by atoms with Crippen molar-refractivity contribution in [3.8, 4) is 17.6 Å². The molecule has 3 aromatic carbocycles. The Kier molecular flexibility index (Phi) is 8.01. The van der Waals surface area contributed by atoms with Crippen molar-refractivity contribution in [2.24, 2.45) is 0 Å². The molecule has 34 heavy (non-hydrogen) atoms. The third kappa shape index (κ3) is 6.50. The van der Waals surface area contributed by atoms with Crippen LogP contribution in [0.3, 0.4) is 0 Å². The van der Waals surface area contributed by atoms with E-state index >= 15 is 0 Å². The van der Waals surface area contributed by atoms with Gasteiger partial charge in [-0.05, 0) is 60.2 Å². The number of rotatable bonds is 9. The van der Waals surface area contributed by atoms with Gasteiger partial charge in [0.2, 0.25) is 0 Å². The molecule has 2 atom stereocenters. The molecule has 4 rings (SSSR count). The second kappa shape index (κ2) is 11.5. The largest absolute Gasteiger partial charge is 0.489 e. The Morgan fingerprint density at radius 2 is 1.74 bits per heavy atom. The summed E-state index contributed by atoms with van der Waals surface area (Å²) in [6.45, 7) is 5.45. The molecular formula is C30H31NO3. The highest BCUT2D eigenvalue weighted by atomic mass is 16.5. The summed E-state index contributed by atoms with van der Waals surface area (Å²) < 4.78 is 5.94. The van der Waals surface area contributed by atoms with E-state index in [4.69, 9.17) is 9.84 Å². The molecule has 4 nitrogen and oxygen atoms in total. The number of hydrogen-bond donors (Lipinski definition) is 1. The van der Waals surface area contributed by atoms with Crippen LogP contribution in [0.1, 0.15) is 53.9 Å². The lowest BCUT2D eigenvalue weighted by molar-refractivity contribution is -0.137. The van der Waals surface area contributed by atoms with E-state index in [1.54, 1.807) is 6.92 Å². The van der Waals surface area contributed by atoms with Gasteiger partial charge in [0, 0.05) is 13.1 Å². The summed E-state index contributed by atoms with van der Waals surface area (Å²) in [5, 5.41) is 9.10. The van der Waals surface area contributed by atoms with Gasteiger partial charge in [-0.1, -0.05) is 72.7 Å². The van der Waals surface area contributed by atoms with Crippen molar-refractivity contribution < 1.29 is 14.6 Å². The Morgan fingerprint density at radius 1 is 1.03 bits per heavy atom. The van der Waals surface area contributed by atoms with Crippen LogP contribution >= 0.6 is 0 Å². The molecule has 0 amide bonds. The van der Waals surface area contributed by atoms with Gasteiger partial charge in [-0.3, -0.25) is 9.69 Å². The zero-order chi connectivity index (χ0) is 23.8. The molecule has 1 saturated heterocycles. The van der Waals surface area contributed by atoms with Crippen molar-refractivity contribution in [3.63, 3.8) is 0 Å². The van der Waals surface area contributed by atoms with Gasteiger partial charge in [0.05, 0.1) is 12.3 Å². The molecule has 0 spiro atoms. The van der Waals surface area contributed by atoms with Crippen molar-refractivity contribution in [1.29, 1.82) is 0 Å². The van der Waals surface area contributed by atoms with Gasteiger partial charge in [0.15, 0.2) is 0 Å². The summed E-state index contributed by atoms with van der Waals surface area (Å²) in [6.07, 6.45) is 1.22. The number of carboxylic acid groups (broad SMARTS) is 1. The van der Waals surface area contributed by atoms with Gasteiger partial charge >= 0.3 is 5.97 Å². The van der Waals surface area contributed by atoms with Crippen molar-refractivity contribution in [1.82, 2.24) is 4.90 Å². The highest BCUT2D eigenvalue weighted by molar-refractivity contribution is 5.69. The third-order valence-electron chi connectivity index (χ3n) is 6.36. The lowest BCUT2D eigenvalue weighted by atomic mass is 9.96. The highest BCUT2D eigenvalue weighted by Crippen LogP contribution is 2.28. The maximum absolute atomic E-state index is 11.1. The van der Waals surface area contributed by atoms with Gasteiger partial charge in [-0.2, -0.15) is 0 Å². The summed E-state index contributed by atoms with van der Waals surface area (Å²) in [7, 11) is 0. The standard InChI is InChI=1S/C30H31NO3/c1-2-6-27(19-30(32)33)26-13-15-29(16-14-26)34-22-24-11-9-23(10-12-24)20-31-18-17-28(21-31)25-7-4-3-5-8-25/h3-5,7-16,27-28H,17-22H2,1H3,(H,32,33)/t27-,28?/m0/s1. The number of carbonyl (C=O) groups is 1. The van der Waals surface area contributed by atoms with Crippen LogP contribution in [-0.4, -0.2) is 29.1 Å². The molecule has 1 unspecified atom stereocenters. The molecule has 1 aliphatic heterocycles. The fourth-order valence-corrected chi connectivity index (χ4v) is 4.54. The predicted octanol–water partition coefficient (Wildman–Crippen LogP) is 5.84. The average molecular weight is 454 g/mol. The molecule has 1 heterocycles. The predicted molar refractivity (Wildman–Crippen MR) is 135 cm³/mol. The second-order valence-electron chi connectivity index (χ2n) is 8.85. The van der Waals surface area contributed by atoms with E-state index in [9.17, 15) is 4.79 Å². The zero-order valence-electron chi connectivity index (χ0n) is 19.6. The van der Waals surface area contributed by atoms with Crippen molar-refractivity contribution >= 4 is 5.97 Å². The summed E-state index contributed by atoms with van der Waals surface area (Å²) in [4.78, 5) is 13.6. The van der Waals surface area contributed by atoms with E-state index in [0.29, 0.717) is 12.5 Å². The molecule has 4 heteroatoms. The number of ether oxygens (including phenoxy) is 1. The minimum Gasteiger partial charge on any atom is -0.489 e.